The molecular formula is C15H12Br4. The number of rotatable bonds is 3. The van der Waals surface area contributed by atoms with Crippen LogP contribution < -0.4 is 0 Å². The van der Waals surface area contributed by atoms with Gasteiger partial charge in [0.2, 0.25) is 0 Å². The van der Waals surface area contributed by atoms with E-state index in [2.05, 4.69) is 101 Å². The van der Waals surface area contributed by atoms with Crippen LogP contribution in [-0.4, -0.2) is 0 Å². The Hall–Kier alpha value is 0.360. The van der Waals surface area contributed by atoms with E-state index in [4.69, 9.17) is 0 Å². The van der Waals surface area contributed by atoms with Crippen LogP contribution >= 0.6 is 63.7 Å². The van der Waals surface area contributed by atoms with Gasteiger partial charge in [-0.15, -0.1) is 0 Å². The fraction of sp³-hybridized carbons (Fsp3) is 0.200. The first-order valence-electron chi connectivity index (χ1n) is 5.81. The smallest absolute Gasteiger partial charge is 0.0447 e. The molecule has 2 rings (SSSR count). The van der Waals surface area contributed by atoms with E-state index in [0.717, 1.165) is 19.8 Å². The van der Waals surface area contributed by atoms with E-state index in [-0.39, 0.29) is 4.83 Å². The highest BCUT2D eigenvalue weighted by atomic mass is 79.9. The van der Waals surface area contributed by atoms with Crippen molar-refractivity contribution >= 4 is 63.7 Å². The molecule has 0 N–H and O–H groups in total. The van der Waals surface area contributed by atoms with Crippen LogP contribution in [0.15, 0.2) is 49.8 Å². The number of benzene rings is 2. The third-order valence-corrected chi connectivity index (χ3v) is 5.77. The molecule has 2 aromatic carbocycles. The highest BCUT2D eigenvalue weighted by molar-refractivity contribution is 9.11. The van der Waals surface area contributed by atoms with Gasteiger partial charge in [0.05, 0.1) is 0 Å². The van der Waals surface area contributed by atoms with Crippen LogP contribution in [0.3, 0.4) is 0 Å². The molecule has 100 valence electrons. The van der Waals surface area contributed by atoms with E-state index in [0.29, 0.717) is 0 Å². The molecule has 0 nitrogen and oxygen atoms in total. The number of hydrogen-bond donors (Lipinski definition) is 0. The first-order chi connectivity index (χ1) is 8.97. The zero-order chi connectivity index (χ0) is 14.0. The molecule has 2 aromatic rings. The van der Waals surface area contributed by atoms with Crippen molar-refractivity contribution in [2.75, 3.05) is 0 Å². The summed E-state index contributed by atoms with van der Waals surface area (Å²) in [5.74, 6) is 0. The van der Waals surface area contributed by atoms with Crippen molar-refractivity contribution in [2.45, 2.75) is 18.2 Å². The van der Waals surface area contributed by atoms with Gasteiger partial charge in [-0.1, -0.05) is 75.9 Å². The van der Waals surface area contributed by atoms with Crippen molar-refractivity contribution in [2.24, 2.45) is 0 Å². The number of hydrogen-bond acceptors (Lipinski definition) is 0. The lowest BCUT2D eigenvalue weighted by Gasteiger charge is -2.14. The molecule has 0 aliphatic carbocycles. The molecule has 0 fully saturated rings. The van der Waals surface area contributed by atoms with Crippen LogP contribution in [0.1, 0.15) is 21.5 Å². The van der Waals surface area contributed by atoms with Crippen molar-refractivity contribution in [1.82, 2.24) is 0 Å². The van der Waals surface area contributed by atoms with Crippen LogP contribution in [0.5, 0.6) is 0 Å². The number of alkyl halides is 1. The topological polar surface area (TPSA) is 0 Å². The van der Waals surface area contributed by atoms with E-state index >= 15 is 0 Å². The van der Waals surface area contributed by atoms with E-state index < -0.39 is 0 Å². The molecule has 0 bridgehead atoms. The summed E-state index contributed by atoms with van der Waals surface area (Å²) in [6.07, 6.45) is 0.952. The summed E-state index contributed by atoms with van der Waals surface area (Å²) < 4.78 is 3.41. The van der Waals surface area contributed by atoms with Gasteiger partial charge in [-0.05, 0) is 54.3 Å². The first kappa shape index (κ1) is 15.7. The Morgan fingerprint density at radius 2 is 1.74 bits per heavy atom. The Labute approximate surface area is 147 Å². The fourth-order valence-corrected chi connectivity index (χ4v) is 4.48. The predicted molar refractivity (Wildman–Crippen MR) is 96.1 cm³/mol. The monoisotopic (exact) mass is 508 g/mol. The second kappa shape index (κ2) is 6.88. The van der Waals surface area contributed by atoms with Gasteiger partial charge < -0.3 is 0 Å². The zero-order valence-corrected chi connectivity index (χ0v) is 16.6. The maximum absolute atomic E-state index is 3.79. The molecule has 0 heterocycles. The molecule has 0 spiro atoms. The molecule has 0 saturated carbocycles. The lowest BCUT2D eigenvalue weighted by atomic mass is 10.0. The van der Waals surface area contributed by atoms with Crippen molar-refractivity contribution in [3.63, 3.8) is 0 Å². The van der Waals surface area contributed by atoms with Crippen LogP contribution in [0.25, 0.3) is 0 Å². The van der Waals surface area contributed by atoms with Gasteiger partial charge >= 0.3 is 0 Å². The Bertz CT molecular complexity index is 593. The van der Waals surface area contributed by atoms with Crippen molar-refractivity contribution in [1.29, 1.82) is 0 Å². The molecule has 0 aliphatic rings. The van der Waals surface area contributed by atoms with Crippen LogP contribution in [0.2, 0.25) is 0 Å². The van der Waals surface area contributed by atoms with E-state index in [9.17, 15) is 0 Å². The van der Waals surface area contributed by atoms with Crippen molar-refractivity contribution < 1.29 is 0 Å². The first-order valence-corrected chi connectivity index (χ1v) is 9.11. The van der Waals surface area contributed by atoms with Gasteiger partial charge in [0, 0.05) is 18.2 Å². The Kier molecular flexibility index (Phi) is 5.70. The van der Waals surface area contributed by atoms with E-state index in [1.54, 1.807) is 0 Å². The minimum absolute atomic E-state index is 0.285. The SMILES string of the molecule is Cc1cc(Br)c(C(Br)Cc2cccc(Br)c2)cc1Br. The van der Waals surface area contributed by atoms with Gasteiger partial charge in [-0.2, -0.15) is 0 Å². The molecule has 19 heavy (non-hydrogen) atoms. The summed E-state index contributed by atoms with van der Waals surface area (Å²) in [5, 5.41) is 0. The van der Waals surface area contributed by atoms with Crippen LogP contribution in [-0.2, 0) is 6.42 Å². The van der Waals surface area contributed by atoms with Crippen molar-refractivity contribution in [3.05, 3.63) is 66.5 Å². The molecule has 0 aliphatic heterocycles. The van der Waals surface area contributed by atoms with Crippen molar-refractivity contribution in [3.8, 4) is 0 Å². The average molecular weight is 512 g/mol. The zero-order valence-electron chi connectivity index (χ0n) is 10.3. The minimum Gasteiger partial charge on any atom is -0.0835 e. The maximum Gasteiger partial charge on any atom is 0.0447 e. The van der Waals surface area contributed by atoms with Gasteiger partial charge in [0.1, 0.15) is 0 Å². The van der Waals surface area contributed by atoms with Gasteiger partial charge in [0.25, 0.3) is 0 Å². The average Bonchev–Trinajstić information content (AvgIpc) is 2.33. The number of aryl methyl sites for hydroxylation is 1. The third kappa shape index (κ3) is 4.16. The van der Waals surface area contributed by atoms with Crippen LogP contribution in [0, 0.1) is 6.92 Å². The maximum atomic E-state index is 3.79. The lowest BCUT2D eigenvalue weighted by molar-refractivity contribution is 0.940. The largest absolute Gasteiger partial charge is 0.0835 e. The summed E-state index contributed by atoms with van der Waals surface area (Å²) >= 11 is 14.5. The molecule has 1 atom stereocenters. The Morgan fingerprint density at radius 3 is 2.42 bits per heavy atom. The molecule has 0 amide bonds. The second-order valence-electron chi connectivity index (χ2n) is 4.42. The molecule has 4 heteroatoms. The van der Waals surface area contributed by atoms with E-state index in [1.165, 1.54) is 16.7 Å². The van der Waals surface area contributed by atoms with Gasteiger partial charge in [0.15, 0.2) is 0 Å². The summed E-state index contributed by atoms with van der Waals surface area (Å²) in [5.41, 5.74) is 3.80. The van der Waals surface area contributed by atoms with Gasteiger partial charge in [-0.25, -0.2) is 0 Å². The lowest BCUT2D eigenvalue weighted by Crippen LogP contribution is -1.97. The summed E-state index contributed by atoms with van der Waals surface area (Å²) in [7, 11) is 0. The number of halogens is 4. The molecule has 0 saturated heterocycles. The summed E-state index contributed by atoms with van der Waals surface area (Å²) in [6.45, 7) is 2.09. The quantitative estimate of drug-likeness (QED) is 0.391. The fourth-order valence-electron chi connectivity index (χ4n) is 1.88. The molecule has 0 radical (unpaired) electrons. The third-order valence-electron chi connectivity index (χ3n) is 2.92. The summed E-state index contributed by atoms with van der Waals surface area (Å²) in [6, 6.07) is 12.7. The van der Waals surface area contributed by atoms with Crippen LogP contribution in [0.4, 0.5) is 0 Å². The standard InChI is InChI=1S/C15H12Br4/c1-9-5-14(18)12(8-13(9)17)15(19)7-10-3-2-4-11(16)6-10/h2-6,8,15H,7H2,1H3. The van der Waals surface area contributed by atoms with Gasteiger partial charge in [-0.3, -0.25) is 0 Å². The summed E-state index contributed by atoms with van der Waals surface area (Å²) in [4.78, 5) is 0.285. The highest BCUT2D eigenvalue weighted by Gasteiger charge is 2.14. The Balaban J connectivity index is 2.25. The molecule has 0 aromatic heterocycles. The molecular weight excluding hydrogens is 500 g/mol. The second-order valence-corrected chi connectivity index (χ2v) is 8.15. The van der Waals surface area contributed by atoms with E-state index in [1.807, 2.05) is 6.07 Å². The normalized spacial score (nSPS) is 12.5. The molecule has 1 unspecified atom stereocenters. The Morgan fingerprint density at radius 1 is 1.00 bits per heavy atom. The predicted octanol–water partition coefficient (Wildman–Crippen LogP) is 6.96. The minimum atomic E-state index is 0.285. The highest BCUT2D eigenvalue weighted by Crippen LogP contribution is 2.36.